The number of anilines is 1. The average molecular weight is 256 g/mol. The Morgan fingerprint density at radius 2 is 2.11 bits per heavy atom. The summed E-state index contributed by atoms with van der Waals surface area (Å²) in [6, 6.07) is 4.61. The first-order valence-corrected chi connectivity index (χ1v) is 5.48. The average Bonchev–Trinajstić information content (AvgIpc) is 2.70. The standard InChI is InChI=1S/C12H11F3N2O/c1-2-9-7-11(18)17(16-9)10-5-3-4-8(6-10)12(13,14)15/h3-6H,2,7H2,1H3. The maximum Gasteiger partial charge on any atom is 0.416 e. The Morgan fingerprint density at radius 1 is 1.39 bits per heavy atom. The molecule has 1 aliphatic heterocycles. The molecule has 0 N–H and O–H groups in total. The third-order valence-electron chi connectivity index (χ3n) is 2.66. The van der Waals surface area contributed by atoms with Crippen LogP contribution in [0.5, 0.6) is 0 Å². The smallest absolute Gasteiger partial charge is 0.272 e. The van der Waals surface area contributed by atoms with Crippen LogP contribution in [0, 0.1) is 0 Å². The molecule has 0 unspecified atom stereocenters. The van der Waals surface area contributed by atoms with Gasteiger partial charge in [0.05, 0.1) is 17.7 Å². The Morgan fingerprint density at radius 3 is 2.67 bits per heavy atom. The summed E-state index contributed by atoms with van der Waals surface area (Å²) >= 11 is 0. The molecule has 0 spiro atoms. The maximum atomic E-state index is 12.6. The number of hydrazone groups is 1. The molecule has 1 amide bonds. The highest BCUT2D eigenvalue weighted by atomic mass is 19.4. The van der Waals surface area contributed by atoms with Crippen LogP contribution in [-0.2, 0) is 11.0 Å². The molecule has 2 rings (SSSR count). The molecule has 96 valence electrons. The van der Waals surface area contributed by atoms with Crippen LogP contribution < -0.4 is 5.01 Å². The number of halogens is 3. The quantitative estimate of drug-likeness (QED) is 0.799. The van der Waals surface area contributed by atoms with Gasteiger partial charge in [0, 0.05) is 5.71 Å². The van der Waals surface area contributed by atoms with Crippen molar-refractivity contribution in [3.05, 3.63) is 29.8 Å². The van der Waals surface area contributed by atoms with E-state index in [0.29, 0.717) is 12.1 Å². The number of rotatable bonds is 2. The number of amides is 1. The number of alkyl halides is 3. The molecular formula is C12H11F3N2O. The molecule has 0 fully saturated rings. The molecule has 18 heavy (non-hydrogen) atoms. The third-order valence-corrected chi connectivity index (χ3v) is 2.66. The Hall–Kier alpha value is -1.85. The predicted octanol–water partition coefficient (Wildman–Crippen LogP) is 3.21. The second-order valence-electron chi connectivity index (χ2n) is 3.95. The number of hydrogen-bond acceptors (Lipinski definition) is 2. The highest BCUT2D eigenvalue weighted by molar-refractivity contribution is 6.12. The molecule has 0 saturated heterocycles. The van der Waals surface area contributed by atoms with Gasteiger partial charge in [-0.3, -0.25) is 4.79 Å². The Balaban J connectivity index is 2.35. The van der Waals surface area contributed by atoms with E-state index in [9.17, 15) is 18.0 Å². The molecule has 3 nitrogen and oxygen atoms in total. The van der Waals surface area contributed by atoms with Gasteiger partial charge < -0.3 is 0 Å². The molecule has 0 saturated carbocycles. The zero-order valence-electron chi connectivity index (χ0n) is 9.66. The van der Waals surface area contributed by atoms with Crippen molar-refractivity contribution >= 4 is 17.3 Å². The van der Waals surface area contributed by atoms with E-state index < -0.39 is 11.7 Å². The van der Waals surface area contributed by atoms with Crippen molar-refractivity contribution in [2.75, 3.05) is 5.01 Å². The Bertz CT molecular complexity index is 508. The third kappa shape index (κ3) is 2.37. The fourth-order valence-corrected chi connectivity index (χ4v) is 1.69. The van der Waals surface area contributed by atoms with Gasteiger partial charge in [0.1, 0.15) is 0 Å². The van der Waals surface area contributed by atoms with Crippen LogP contribution in [0.1, 0.15) is 25.3 Å². The van der Waals surface area contributed by atoms with E-state index in [1.54, 1.807) is 0 Å². The summed E-state index contributed by atoms with van der Waals surface area (Å²) < 4.78 is 37.7. The molecule has 0 atom stereocenters. The van der Waals surface area contributed by atoms with E-state index in [4.69, 9.17) is 0 Å². The predicted molar refractivity (Wildman–Crippen MR) is 61.3 cm³/mol. The van der Waals surface area contributed by atoms with E-state index in [-0.39, 0.29) is 18.0 Å². The van der Waals surface area contributed by atoms with Crippen molar-refractivity contribution in [2.24, 2.45) is 5.10 Å². The van der Waals surface area contributed by atoms with Crippen LogP contribution in [-0.4, -0.2) is 11.6 Å². The molecule has 0 radical (unpaired) electrons. The topological polar surface area (TPSA) is 32.7 Å². The Kier molecular flexibility index (Phi) is 3.11. The summed E-state index contributed by atoms with van der Waals surface area (Å²) in [5.41, 5.74) is 0.0450. The molecule has 0 aromatic heterocycles. The summed E-state index contributed by atoms with van der Waals surface area (Å²) in [5.74, 6) is -0.300. The second-order valence-corrected chi connectivity index (χ2v) is 3.95. The fourth-order valence-electron chi connectivity index (χ4n) is 1.69. The molecule has 1 heterocycles. The highest BCUT2D eigenvalue weighted by Crippen LogP contribution is 2.32. The number of benzene rings is 1. The first-order valence-electron chi connectivity index (χ1n) is 5.48. The fraction of sp³-hybridized carbons (Fsp3) is 0.333. The van der Waals surface area contributed by atoms with Crippen molar-refractivity contribution in [2.45, 2.75) is 25.9 Å². The van der Waals surface area contributed by atoms with Crippen molar-refractivity contribution < 1.29 is 18.0 Å². The maximum absolute atomic E-state index is 12.6. The first kappa shape index (κ1) is 12.6. The van der Waals surface area contributed by atoms with Crippen LogP contribution >= 0.6 is 0 Å². The molecule has 0 aliphatic carbocycles. The minimum absolute atomic E-state index is 0.151. The lowest BCUT2D eigenvalue weighted by Crippen LogP contribution is -2.20. The molecule has 0 bridgehead atoms. The lowest BCUT2D eigenvalue weighted by molar-refractivity contribution is -0.137. The first-order chi connectivity index (χ1) is 8.41. The monoisotopic (exact) mass is 256 g/mol. The van der Waals surface area contributed by atoms with Gasteiger partial charge in [-0.2, -0.15) is 18.3 Å². The molecule has 1 aliphatic rings. The van der Waals surface area contributed by atoms with Gasteiger partial charge in [0.25, 0.3) is 5.91 Å². The summed E-state index contributed by atoms with van der Waals surface area (Å²) in [7, 11) is 0. The lowest BCUT2D eigenvalue weighted by Gasteiger charge is -2.14. The lowest BCUT2D eigenvalue weighted by atomic mass is 10.2. The van der Waals surface area contributed by atoms with Crippen LogP contribution in [0.15, 0.2) is 29.4 Å². The van der Waals surface area contributed by atoms with Gasteiger partial charge in [-0.1, -0.05) is 13.0 Å². The van der Waals surface area contributed by atoms with Gasteiger partial charge in [-0.25, -0.2) is 5.01 Å². The van der Waals surface area contributed by atoms with Crippen LogP contribution in [0.2, 0.25) is 0 Å². The minimum Gasteiger partial charge on any atom is -0.272 e. The Labute approximate surface area is 102 Å². The van der Waals surface area contributed by atoms with Crippen LogP contribution in [0.3, 0.4) is 0 Å². The van der Waals surface area contributed by atoms with Gasteiger partial charge in [0.15, 0.2) is 0 Å². The van der Waals surface area contributed by atoms with E-state index >= 15 is 0 Å². The van der Waals surface area contributed by atoms with E-state index in [2.05, 4.69) is 5.10 Å². The van der Waals surface area contributed by atoms with Crippen molar-refractivity contribution in [1.82, 2.24) is 0 Å². The summed E-state index contributed by atoms with van der Waals surface area (Å²) in [6.07, 6.45) is -3.63. The molecular weight excluding hydrogens is 245 g/mol. The second kappa shape index (κ2) is 4.44. The van der Waals surface area contributed by atoms with E-state index in [1.807, 2.05) is 6.92 Å². The van der Waals surface area contributed by atoms with Gasteiger partial charge in [-0.15, -0.1) is 0 Å². The van der Waals surface area contributed by atoms with Gasteiger partial charge in [0.2, 0.25) is 0 Å². The SMILES string of the molecule is CCC1=NN(c2cccc(C(F)(F)F)c2)C(=O)C1. The number of carbonyl (C=O) groups is 1. The van der Waals surface area contributed by atoms with Crippen molar-refractivity contribution in [3.63, 3.8) is 0 Å². The number of hydrogen-bond donors (Lipinski definition) is 0. The zero-order valence-corrected chi connectivity index (χ0v) is 9.66. The zero-order chi connectivity index (χ0) is 13.3. The minimum atomic E-state index is -4.42. The summed E-state index contributed by atoms with van der Waals surface area (Å²) in [5, 5.41) is 5.05. The largest absolute Gasteiger partial charge is 0.416 e. The number of carbonyl (C=O) groups excluding carboxylic acids is 1. The normalized spacial score (nSPS) is 16.1. The highest BCUT2D eigenvalue weighted by Gasteiger charge is 2.32. The van der Waals surface area contributed by atoms with Crippen LogP contribution in [0.25, 0.3) is 0 Å². The van der Waals surface area contributed by atoms with Gasteiger partial charge >= 0.3 is 6.18 Å². The van der Waals surface area contributed by atoms with Crippen LogP contribution in [0.4, 0.5) is 18.9 Å². The molecule has 6 heteroatoms. The van der Waals surface area contributed by atoms with E-state index in [1.165, 1.54) is 12.1 Å². The summed E-state index contributed by atoms with van der Waals surface area (Å²) in [4.78, 5) is 11.6. The summed E-state index contributed by atoms with van der Waals surface area (Å²) in [6.45, 7) is 1.85. The number of nitrogens with zero attached hydrogens (tertiary/aromatic N) is 2. The van der Waals surface area contributed by atoms with Crippen molar-refractivity contribution in [1.29, 1.82) is 0 Å². The van der Waals surface area contributed by atoms with Gasteiger partial charge in [-0.05, 0) is 24.6 Å². The van der Waals surface area contributed by atoms with Crippen molar-refractivity contribution in [3.8, 4) is 0 Å². The van der Waals surface area contributed by atoms with E-state index in [0.717, 1.165) is 17.1 Å². The molecule has 1 aromatic rings. The molecule has 1 aromatic carbocycles.